The van der Waals surface area contributed by atoms with Crippen molar-refractivity contribution in [2.24, 2.45) is 0 Å². The van der Waals surface area contributed by atoms with Gasteiger partial charge in [-0.05, 0) is 6.42 Å². The minimum absolute atomic E-state index is 0.00183. The Hall–Kier alpha value is -1.70. The standard InChI is InChI=1S/C9H14N2O3/c1-3-5-10-9(14)11(6-4-2)7-8(12)13/h2H,3,5-7H2,1H3,(H,10,14)(H,12,13). The molecule has 0 spiro atoms. The second-order valence-corrected chi connectivity index (χ2v) is 2.69. The van der Waals surface area contributed by atoms with E-state index in [1.807, 2.05) is 6.92 Å². The molecule has 0 saturated carbocycles. The molecule has 5 heteroatoms. The molecule has 0 saturated heterocycles. The van der Waals surface area contributed by atoms with Gasteiger partial charge < -0.3 is 15.3 Å². The summed E-state index contributed by atoms with van der Waals surface area (Å²) in [5.74, 6) is 1.16. The fourth-order valence-electron chi connectivity index (χ4n) is 0.817. The first-order valence-corrected chi connectivity index (χ1v) is 4.29. The molecule has 14 heavy (non-hydrogen) atoms. The maximum absolute atomic E-state index is 11.3. The van der Waals surface area contributed by atoms with Crippen molar-refractivity contribution in [2.45, 2.75) is 13.3 Å². The summed E-state index contributed by atoms with van der Waals surface area (Å²) in [6, 6.07) is -0.438. The fraction of sp³-hybridized carbons (Fsp3) is 0.556. The molecular formula is C9H14N2O3. The fourth-order valence-corrected chi connectivity index (χ4v) is 0.817. The van der Waals surface area contributed by atoms with E-state index in [0.29, 0.717) is 6.54 Å². The van der Waals surface area contributed by atoms with Gasteiger partial charge in [-0.2, -0.15) is 0 Å². The lowest BCUT2D eigenvalue weighted by Crippen LogP contribution is -2.43. The van der Waals surface area contributed by atoms with Gasteiger partial charge in [0, 0.05) is 6.54 Å². The second kappa shape index (κ2) is 6.78. The van der Waals surface area contributed by atoms with Gasteiger partial charge in [0.25, 0.3) is 0 Å². The van der Waals surface area contributed by atoms with Crippen LogP contribution in [0.4, 0.5) is 4.79 Å². The average Bonchev–Trinajstić information content (AvgIpc) is 2.13. The van der Waals surface area contributed by atoms with Gasteiger partial charge in [0.15, 0.2) is 0 Å². The van der Waals surface area contributed by atoms with Crippen LogP contribution in [0, 0.1) is 12.3 Å². The predicted molar refractivity (Wildman–Crippen MR) is 51.7 cm³/mol. The third-order valence-electron chi connectivity index (χ3n) is 1.42. The molecule has 0 heterocycles. The smallest absolute Gasteiger partial charge is 0.323 e. The highest BCUT2D eigenvalue weighted by molar-refractivity contribution is 5.80. The largest absolute Gasteiger partial charge is 0.480 e. The summed E-state index contributed by atoms with van der Waals surface area (Å²) in [4.78, 5) is 22.7. The van der Waals surface area contributed by atoms with Crippen LogP contribution in [0.2, 0.25) is 0 Å². The van der Waals surface area contributed by atoms with Gasteiger partial charge in [0.1, 0.15) is 6.54 Å². The molecule has 0 aromatic rings. The van der Waals surface area contributed by atoms with E-state index in [9.17, 15) is 9.59 Å². The molecule has 0 atom stereocenters. The number of carbonyl (C=O) groups excluding carboxylic acids is 1. The molecule has 0 bridgehead atoms. The molecule has 0 radical (unpaired) electrons. The van der Waals surface area contributed by atoms with Crippen LogP contribution < -0.4 is 5.32 Å². The summed E-state index contributed by atoms with van der Waals surface area (Å²) in [6.45, 7) is 2.05. The Labute approximate surface area is 83.1 Å². The van der Waals surface area contributed by atoms with E-state index >= 15 is 0 Å². The molecule has 0 aliphatic carbocycles. The zero-order chi connectivity index (χ0) is 11.0. The minimum atomic E-state index is -1.08. The average molecular weight is 198 g/mol. The van der Waals surface area contributed by atoms with E-state index in [1.54, 1.807) is 0 Å². The van der Waals surface area contributed by atoms with E-state index in [1.165, 1.54) is 0 Å². The normalized spacial score (nSPS) is 8.86. The van der Waals surface area contributed by atoms with Crippen molar-refractivity contribution >= 4 is 12.0 Å². The van der Waals surface area contributed by atoms with E-state index < -0.39 is 12.0 Å². The number of urea groups is 1. The third kappa shape index (κ3) is 5.04. The quantitative estimate of drug-likeness (QED) is 0.617. The molecule has 0 rings (SSSR count). The second-order valence-electron chi connectivity index (χ2n) is 2.69. The van der Waals surface area contributed by atoms with Gasteiger partial charge in [0.05, 0.1) is 6.54 Å². The summed E-state index contributed by atoms with van der Waals surface area (Å²) in [7, 11) is 0. The number of rotatable bonds is 5. The monoisotopic (exact) mass is 198 g/mol. The molecular weight excluding hydrogens is 184 g/mol. The number of hydrogen-bond acceptors (Lipinski definition) is 2. The Kier molecular flexibility index (Phi) is 5.95. The lowest BCUT2D eigenvalue weighted by Gasteiger charge is -2.18. The van der Waals surface area contributed by atoms with Crippen molar-refractivity contribution in [2.75, 3.05) is 19.6 Å². The Morgan fingerprint density at radius 3 is 2.64 bits per heavy atom. The first-order valence-electron chi connectivity index (χ1n) is 4.29. The molecule has 78 valence electrons. The Bertz CT molecular complexity index is 245. The number of carboxylic acids is 1. The van der Waals surface area contributed by atoms with Crippen molar-refractivity contribution < 1.29 is 14.7 Å². The van der Waals surface area contributed by atoms with Crippen LogP contribution in [0.3, 0.4) is 0 Å². The minimum Gasteiger partial charge on any atom is -0.480 e. The number of amides is 2. The van der Waals surface area contributed by atoms with E-state index in [-0.39, 0.29) is 13.1 Å². The third-order valence-corrected chi connectivity index (χ3v) is 1.42. The zero-order valence-electron chi connectivity index (χ0n) is 8.12. The maximum Gasteiger partial charge on any atom is 0.323 e. The molecule has 2 N–H and O–H groups in total. The van der Waals surface area contributed by atoms with Gasteiger partial charge >= 0.3 is 12.0 Å². The topological polar surface area (TPSA) is 69.6 Å². The van der Waals surface area contributed by atoms with Crippen LogP contribution in [0.15, 0.2) is 0 Å². The van der Waals surface area contributed by atoms with Crippen LogP contribution in [0.5, 0.6) is 0 Å². The highest BCUT2D eigenvalue weighted by atomic mass is 16.4. The predicted octanol–water partition coefficient (Wildman–Crippen LogP) is 0.126. The number of nitrogens with one attached hydrogen (secondary N) is 1. The zero-order valence-corrected chi connectivity index (χ0v) is 8.12. The van der Waals surface area contributed by atoms with Crippen LogP contribution >= 0.6 is 0 Å². The SMILES string of the molecule is C#CCN(CC(=O)O)C(=O)NCCC. The Balaban J connectivity index is 4.12. The molecule has 0 aliphatic rings. The van der Waals surface area contributed by atoms with Crippen LogP contribution in [-0.4, -0.2) is 41.6 Å². The summed E-state index contributed by atoms with van der Waals surface area (Å²) < 4.78 is 0. The lowest BCUT2D eigenvalue weighted by atomic mass is 10.4. The Morgan fingerprint density at radius 2 is 2.21 bits per heavy atom. The highest BCUT2D eigenvalue weighted by Crippen LogP contribution is 1.89. The number of nitrogens with zero attached hydrogens (tertiary/aromatic N) is 1. The molecule has 0 aromatic carbocycles. The molecule has 2 amide bonds. The summed E-state index contributed by atoms with van der Waals surface area (Å²) in [5.41, 5.74) is 0. The van der Waals surface area contributed by atoms with E-state index in [0.717, 1.165) is 11.3 Å². The maximum atomic E-state index is 11.3. The lowest BCUT2D eigenvalue weighted by molar-refractivity contribution is -0.137. The van der Waals surface area contributed by atoms with E-state index in [2.05, 4.69) is 11.2 Å². The number of aliphatic carboxylic acids is 1. The molecule has 0 aromatic heterocycles. The Morgan fingerprint density at radius 1 is 1.57 bits per heavy atom. The molecule has 0 aliphatic heterocycles. The van der Waals surface area contributed by atoms with Crippen LogP contribution in [0.25, 0.3) is 0 Å². The first-order chi connectivity index (χ1) is 6.61. The number of hydrogen-bond donors (Lipinski definition) is 2. The van der Waals surface area contributed by atoms with Crippen molar-refractivity contribution in [3.05, 3.63) is 0 Å². The highest BCUT2D eigenvalue weighted by Gasteiger charge is 2.14. The summed E-state index contributed by atoms with van der Waals surface area (Å²) in [6.07, 6.45) is 5.80. The van der Waals surface area contributed by atoms with Crippen LogP contribution in [-0.2, 0) is 4.79 Å². The number of carbonyl (C=O) groups is 2. The van der Waals surface area contributed by atoms with Crippen LogP contribution in [0.1, 0.15) is 13.3 Å². The number of terminal acetylenes is 1. The van der Waals surface area contributed by atoms with Crippen molar-refractivity contribution in [1.29, 1.82) is 0 Å². The van der Waals surface area contributed by atoms with Crippen molar-refractivity contribution in [3.63, 3.8) is 0 Å². The van der Waals surface area contributed by atoms with Gasteiger partial charge in [-0.15, -0.1) is 6.42 Å². The van der Waals surface area contributed by atoms with E-state index in [4.69, 9.17) is 11.5 Å². The number of carboxylic acid groups (broad SMARTS) is 1. The van der Waals surface area contributed by atoms with Gasteiger partial charge in [-0.3, -0.25) is 4.79 Å². The van der Waals surface area contributed by atoms with Crippen molar-refractivity contribution in [3.8, 4) is 12.3 Å². The van der Waals surface area contributed by atoms with Crippen molar-refractivity contribution in [1.82, 2.24) is 10.2 Å². The summed E-state index contributed by atoms with van der Waals surface area (Å²) >= 11 is 0. The first kappa shape index (κ1) is 12.3. The van der Waals surface area contributed by atoms with Gasteiger partial charge in [0.2, 0.25) is 0 Å². The van der Waals surface area contributed by atoms with Gasteiger partial charge in [-0.1, -0.05) is 12.8 Å². The molecule has 0 fully saturated rings. The van der Waals surface area contributed by atoms with Gasteiger partial charge in [-0.25, -0.2) is 4.79 Å². The summed E-state index contributed by atoms with van der Waals surface area (Å²) in [5, 5.41) is 11.0. The molecule has 0 unspecified atom stereocenters. The molecule has 5 nitrogen and oxygen atoms in total.